The van der Waals surface area contributed by atoms with Gasteiger partial charge in [0.05, 0.1) is 13.2 Å². The van der Waals surface area contributed by atoms with Gasteiger partial charge in [0.1, 0.15) is 16.5 Å². The molecule has 1 aromatic carbocycles. The van der Waals surface area contributed by atoms with Crippen LogP contribution in [0.3, 0.4) is 0 Å². The van der Waals surface area contributed by atoms with Crippen molar-refractivity contribution in [1.29, 1.82) is 0 Å². The third-order valence-electron chi connectivity index (χ3n) is 3.60. The summed E-state index contributed by atoms with van der Waals surface area (Å²) in [7, 11) is 0. The smallest absolute Gasteiger partial charge is 0.332 e. The maximum absolute atomic E-state index is 11.2. The van der Waals surface area contributed by atoms with E-state index in [1.54, 1.807) is 26.0 Å². The van der Waals surface area contributed by atoms with Crippen molar-refractivity contribution in [1.82, 2.24) is 0 Å². The number of phenols is 1. The van der Waals surface area contributed by atoms with Gasteiger partial charge in [-0.3, -0.25) is 9.79 Å². The molecule has 7 nitrogen and oxygen atoms in total. The van der Waals surface area contributed by atoms with Gasteiger partial charge in [0.25, 0.3) is 0 Å². The van der Waals surface area contributed by atoms with E-state index in [1.165, 1.54) is 17.8 Å². The quantitative estimate of drug-likeness (QED) is 0.537. The average molecular weight is 367 g/mol. The fourth-order valence-electron chi connectivity index (χ4n) is 2.17. The molecular weight excluding hydrogens is 346 g/mol. The zero-order chi connectivity index (χ0) is 18.4. The standard InChI is InChI=1S/C17H21NO6S/c1-3-23-14(20)5-4-8-24-11-6-7-12(13(19)9-11)15-18-17(2,10-25-15)16(21)22/h6-7,9,19H,3-5,8,10H2,1-2H3,(H,21,22). The Morgan fingerprint density at radius 3 is 2.76 bits per heavy atom. The monoisotopic (exact) mass is 367 g/mol. The molecule has 0 aromatic heterocycles. The molecule has 1 aromatic rings. The summed E-state index contributed by atoms with van der Waals surface area (Å²) in [6.45, 7) is 3.99. The number of hydrogen-bond donors (Lipinski definition) is 2. The maximum Gasteiger partial charge on any atom is 0.332 e. The number of rotatable bonds is 8. The minimum absolute atomic E-state index is 0.0243. The number of phenolic OH excluding ortho intramolecular Hbond substituents is 1. The largest absolute Gasteiger partial charge is 0.507 e. The number of hydrogen-bond acceptors (Lipinski definition) is 7. The van der Waals surface area contributed by atoms with Crippen molar-refractivity contribution in [3.05, 3.63) is 23.8 Å². The molecular formula is C17H21NO6S. The number of carboxylic acids is 1. The fourth-order valence-corrected chi connectivity index (χ4v) is 3.37. The lowest BCUT2D eigenvalue weighted by molar-refractivity contribution is -0.143. The summed E-state index contributed by atoms with van der Waals surface area (Å²) in [6.07, 6.45) is 0.792. The molecule has 1 heterocycles. The van der Waals surface area contributed by atoms with Gasteiger partial charge in [0, 0.05) is 23.8 Å². The Morgan fingerprint density at radius 2 is 2.16 bits per heavy atom. The number of carboxylic acid groups (broad SMARTS) is 1. The second-order valence-corrected chi connectivity index (χ2v) is 6.68. The Labute approximate surface area is 150 Å². The molecule has 0 spiro atoms. The van der Waals surface area contributed by atoms with Crippen LogP contribution in [0.25, 0.3) is 0 Å². The number of aromatic hydroxyl groups is 1. The van der Waals surface area contributed by atoms with Gasteiger partial charge in [-0.1, -0.05) is 0 Å². The molecule has 2 N–H and O–H groups in total. The summed E-state index contributed by atoms with van der Waals surface area (Å²) in [4.78, 5) is 26.7. The molecule has 0 amide bonds. The minimum Gasteiger partial charge on any atom is -0.507 e. The average Bonchev–Trinajstić information content (AvgIpc) is 2.95. The second-order valence-electron chi connectivity index (χ2n) is 5.72. The third-order valence-corrected chi connectivity index (χ3v) is 4.89. The molecule has 2 rings (SSSR count). The van der Waals surface area contributed by atoms with Crippen molar-refractivity contribution in [2.75, 3.05) is 19.0 Å². The first-order valence-electron chi connectivity index (χ1n) is 7.93. The van der Waals surface area contributed by atoms with Crippen molar-refractivity contribution in [2.45, 2.75) is 32.2 Å². The van der Waals surface area contributed by atoms with E-state index in [1.807, 2.05) is 0 Å². The number of carbonyl (C=O) groups excluding carboxylic acids is 1. The minimum atomic E-state index is -1.17. The van der Waals surface area contributed by atoms with Crippen LogP contribution >= 0.6 is 11.8 Å². The van der Waals surface area contributed by atoms with Gasteiger partial charge in [-0.15, -0.1) is 11.8 Å². The zero-order valence-corrected chi connectivity index (χ0v) is 15.0. The summed E-state index contributed by atoms with van der Waals surface area (Å²) >= 11 is 1.30. The van der Waals surface area contributed by atoms with Crippen LogP contribution in [0.2, 0.25) is 0 Å². The number of benzene rings is 1. The molecule has 0 aliphatic carbocycles. The number of aliphatic carboxylic acids is 1. The number of aliphatic imine (C=N–C) groups is 1. The summed E-state index contributed by atoms with van der Waals surface area (Å²) in [5, 5.41) is 19.9. The lowest BCUT2D eigenvalue weighted by atomic mass is 10.1. The SMILES string of the molecule is CCOC(=O)CCCOc1ccc(C2=NC(C)(C(=O)O)CS2)c(O)c1. The molecule has 8 heteroatoms. The van der Waals surface area contributed by atoms with Crippen LogP contribution in [-0.4, -0.2) is 51.7 Å². The molecule has 0 radical (unpaired) electrons. The van der Waals surface area contributed by atoms with E-state index in [2.05, 4.69) is 4.99 Å². The van der Waals surface area contributed by atoms with Crippen molar-refractivity contribution in [3.63, 3.8) is 0 Å². The van der Waals surface area contributed by atoms with Gasteiger partial charge in [-0.2, -0.15) is 0 Å². The fraction of sp³-hybridized carbons (Fsp3) is 0.471. The van der Waals surface area contributed by atoms with E-state index in [0.29, 0.717) is 41.7 Å². The van der Waals surface area contributed by atoms with Gasteiger partial charge >= 0.3 is 11.9 Å². The van der Waals surface area contributed by atoms with E-state index in [-0.39, 0.29) is 18.1 Å². The van der Waals surface area contributed by atoms with Crippen LogP contribution in [0.4, 0.5) is 0 Å². The zero-order valence-electron chi connectivity index (χ0n) is 14.2. The highest BCUT2D eigenvalue weighted by Gasteiger charge is 2.38. The van der Waals surface area contributed by atoms with Gasteiger partial charge in [0.15, 0.2) is 5.54 Å². The number of nitrogens with zero attached hydrogens (tertiary/aromatic N) is 1. The van der Waals surface area contributed by atoms with Crippen LogP contribution in [0.5, 0.6) is 11.5 Å². The normalized spacial score (nSPS) is 19.4. The second kappa shape index (κ2) is 8.24. The van der Waals surface area contributed by atoms with E-state index < -0.39 is 11.5 Å². The van der Waals surface area contributed by atoms with Gasteiger partial charge in [-0.25, -0.2) is 4.79 Å². The highest BCUT2D eigenvalue weighted by molar-refractivity contribution is 8.14. The van der Waals surface area contributed by atoms with Crippen LogP contribution < -0.4 is 4.74 Å². The first-order chi connectivity index (χ1) is 11.9. The Hall–Kier alpha value is -2.22. The molecule has 25 heavy (non-hydrogen) atoms. The molecule has 0 saturated heterocycles. The highest BCUT2D eigenvalue weighted by atomic mass is 32.2. The lowest BCUT2D eigenvalue weighted by Gasteiger charge is -2.11. The van der Waals surface area contributed by atoms with Crippen LogP contribution in [0.1, 0.15) is 32.3 Å². The Kier molecular flexibility index (Phi) is 6.30. The van der Waals surface area contributed by atoms with E-state index in [4.69, 9.17) is 9.47 Å². The molecule has 1 atom stereocenters. The lowest BCUT2D eigenvalue weighted by Crippen LogP contribution is -2.33. The summed E-state index contributed by atoms with van der Waals surface area (Å²) in [5.74, 6) is -0.486. The van der Waals surface area contributed by atoms with Gasteiger partial charge in [0.2, 0.25) is 0 Å². The Balaban J connectivity index is 1.95. The molecule has 1 unspecified atom stereocenters. The summed E-state index contributed by atoms with van der Waals surface area (Å²) < 4.78 is 10.3. The van der Waals surface area contributed by atoms with Crippen molar-refractivity contribution in [3.8, 4) is 11.5 Å². The van der Waals surface area contributed by atoms with Crippen LogP contribution in [0, 0.1) is 0 Å². The Morgan fingerprint density at radius 1 is 1.40 bits per heavy atom. The van der Waals surface area contributed by atoms with E-state index >= 15 is 0 Å². The molecule has 1 aliphatic heterocycles. The molecule has 0 bridgehead atoms. The highest BCUT2D eigenvalue weighted by Crippen LogP contribution is 2.35. The number of carbonyl (C=O) groups is 2. The first-order valence-corrected chi connectivity index (χ1v) is 8.92. The van der Waals surface area contributed by atoms with Crippen molar-refractivity contribution >= 4 is 28.7 Å². The predicted molar refractivity (Wildman–Crippen MR) is 94.5 cm³/mol. The van der Waals surface area contributed by atoms with E-state index in [9.17, 15) is 19.8 Å². The van der Waals surface area contributed by atoms with Crippen molar-refractivity contribution < 1.29 is 29.3 Å². The van der Waals surface area contributed by atoms with Gasteiger partial charge < -0.3 is 19.7 Å². The molecule has 0 saturated carbocycles. The first kappa shape index (κ1) is 19.1. The maximum atomic E-state index is 11.2. The van der Waals surface area contributed by atoms with Crippen LogP contribution in [0.15, 0.2) is 23.2 Å². The predicted octanol–water partition coefficient (Wildman–Crippen LogP) is 2.45. The molecule has 1 aliphatic rings. The summed E-state index contributed by atoms with van der Waals surface area (Å²) in [6, 6.07) is 4.79. The molecule has 0 fully saturated rings. The van der Waals surface area contributed by atoms with Crippen LogP contribution in [-0.2, 0) is 14.3 Å². The van der Waals surface area contributed by atoms with Gasteiger partial charge in [-0.05, 0) is 32.4 Å². The number of esters is 1. The Bertz CT molecular complexity index is 690. The van der Waals surface area contributed by atoms with Crippen molar-refractivity contribution in [2.24, 2.45) is 4.99 Å². The topological polar surface area (TPSA) is 105 Å². The number of thioether (sulfide) groups is 1. The third kappa shape index (κ3) is 4.88. The summed E-state index contributed by atoms with van der Waals surface area (Å²) in [5.41, 5.74) is -0.692. The van der Waals surface area contributed by atoms with E-state index in [0.717, 1.165) is 0 Å². The number of ether oxygens (including phenoxy) is 2. The molecule has 136 valence electrons.